The van der Waals surface area contributed by atoms with Crippen molar-refractivity contribution in [1.82, 2.24) is 10.2 Å². The first-order valence-corrected chi connectivity index (χ1v) is 9.65. The Labute approximate surface area is 155 Å². The van der Waals surface area contributed by atoms with Crippen LogP contribution in [0.2, 0.25) is 0 Å². The van der Waals surface area contributed by atoms with Crippen molar-refractivity contribution in [1.29, 1.82) is 0 Å². The van der Waals surface area contributed by atoms with Crippen molar-refractivity contribution >= 4 is 23.7 Å². The molecule has 4 nitrogen and oxygen atoms in total. The number of benzene rings is 2. The third kappa shape index (κ3) is 3.09. The first-order valence-electron chi connectivity index (χ1n) is 8.67. The molecule has 1 N–H and O–H groups in total. The summed E-state index contributed by atoms with van der Waals surface area (Å²) in [6.07, 6.45) is 1.98. The van der Waals surface area contributed by atoms with Gasteiger partial charge in [-0.1, -0.05) is 24.3 Å². The Kier molecular flexibility index (Phi) is 4.44. The van der Waals surface area contributed by atoms with Crippen molar-refractivity contribution in [2.75, 3.05) is 12.3 Å². The van der Waals surface area contributed by atoms with Gasteiger partial charge in [0.2, 0.25) is 0 Å². The smallest absolute Gasteiger partial charge is 0.323 e. The van der Waals surface area contributed by atoms with E-state index >= 15 is 0 Å². The molecule has 0 saturated carbocycles. The lowest BCUT2D eigenvalue weighted by atomic mass is 9.78. The molecule has 6 heteroatoms. The number of nitrogens with one attached hydrogen (secondary N) is 1. The minimum absolute atomic E-state index is 0.128. The minimum atomic E-state index is -0.800. The summed E-state index contributed by atoms with van der Waals surface area (Å²) < 4.78 is 12.9. The van der Waals surface area contributed by atoms with Crippen LogP contribution in [0.4, 0.5) is 9.18 Å². The van der Waals surface area contributed by atoms with Crippen molar-refractivity contribution < 1.29 is 14.0 Å². The lowest BCUT2D eigenvalue weighted by Gasteiger charge is -2.32. The molecule has 3 amide bonds. The van der Waals surface area contributed by atoms with E-state index in [0.29, 0.717) is 25.1 Å². The van der Waals surface area contributed by atoms with Crippen molar-refractivity contribution in [3.8, 4) is 0 Å². The maximum Gasteiger partial charge on any atom is 0.325 e. The van der Waals surface area contributed by atoms with Gasteiger partial charge >= 0.3 is 6.03 Å². The molecule has 1 heterocycles. The molecule has 1 saturated heterocycles. The van der Waals surface area contributed by atoms with E-state index in [-0.39, 0.29) is 17.8 Å². The van der Waals surface area contributed by atoms with Crippen molar-refractivity contribution in [3.63, 3.8) is 0 Å². The van der Waals surface area contributed by atoms with E-state index in [0.717, 1.165) is 16.9 Å². The molecule has 0 radical (unpaired) electrons. The van der Waals surface area contributed by atoms with E-state index in [4.69, 9.17) is 0 Å². The highest BCUT2D eigenvalue weighted by Crippen LogP contribution is 2.33. The van der Waals surface area contributed by atoms with Crippen LogP contribution in [0.25, 0.3) is 0 Å². The maximum atomic E-state index is 13.0. The minimum Gasteiger partial charge on any atom is -0.323 e. The van der Waals surface area contributed by atoms with Gasteiger partial charge in [-0.3, -0.25) is 9.69 Å². The summed E-state index contributed by atoms with van der Waals surface area (Å²) in [5.74, 6) is 0.178. The van der Waals surface area contributed by atoms with Crippen LogP contribution in [-0.4, -0.2) is 34.7 Å². The molecule has 0 bridgehead atoms. The summed E-state index contributed by atoms with van der Waals surface area (Å²) in [7, 11) is 0. The maximum absolute atomic E-state index is 13.0. The van der Waals surface area contributed by atoms with Gasteiger partial charge in [0.1, 0.15) is 11.4 Å². The number of rotatable bonds is 4. The van der Waals surface area contributed by atoms with Gasteiger partial charge in [0.25, 0.3) is 5.91 Å². The summed E-state index contributed by atoms with van der Waals surface area (Å²) in [4.78, 5) is 27.6. The fraction of sp³-hybridized carbons (Fsp3) is 0.300. The summed E-state index contributed by atoms with van der Waals surface area (Å²) >= 11 is 1.50. The van der Waals surface area contributed by atoms with Gasteiger partial charge in [0.05, 0.1) is 0 Å². The Balaban J connectivity index is 1.42. The number of aryl methyl sites for hydroxylation is 1. The number of hydrogen-bond donors (Lipinski definition) is 1. The molecule has 1 spiro atoms. The molecule has 1 aliphatic heterocycles. The van der Waals surface area contributed by atoms with E-state index in [1.54, 1.807) is 12.1 Å². The summed E-state index contributed by atoms with van der Waals surface area (Å²) in [6.45, 7) is 0.343. The van der Waals surface area contributed by atoms with Crippen LogP contribution < -0.4 is 5.32 Å². The zero-order chi connectivity index (χ0) is 18.1. The fourth-order valence-corrected chi connectivity index (χ4v) is 4.53. The molecular formula is C20H19FN2O2S. The zero-order valence-corrected chi connectivity index (χ0v) is 15.0. The monoisotopic (exact) mass is 370 g/mol. The molecule has 1 fully saturated rings. The predicted molar refractivity (Wildman–Crippen MR) is 98.6 cm³/mol. The number of hydrogen-bond acceptors (Lipinski definition) is 3. The lowest BCUT2D eigenvalue weighted by molar-refractivity contribution is -0.131. The van der Waals surface area contributed by atoms with Crippen LogP contribution in [0, 0.1) is 5.82 Å². The van der Waals surface area contributed by atoms with Gasteiger partial charge in [-0.25, -0.2) is 9.18 Å². The molecule has 2 aliphatic rings. The first kappa shape index (κ1) is 17.1. The highest BCUT2D eigenvalue weighted by atomic mass is 32.2. The predicted octanol–water partition coefficient (Wildman–Crippen LogP) is 3.40. The Bertz CT molecular complexity index is 855. The van der Waals surface area contributed by atoms with Gasteiger partial charge in [-0.15, -0.1) is 11.8 Å². The van der Waals surface area contributed by atoms with Crippen LogP contribution in [-0.2, 0) is 17.6 Å². The van der Waals surface area contributed by atoms with Gasteiger partial charge < -0.3 is 5.32 Å². The Hall–Kier alpha value is -2.34. The summed E-state index contributed by atoms with van der Waals surface area (Å²) in [6, 6.07) is 14.0. The standard InChI is InChI=1S/C20H19FN2O2S/c21-16-5-7-17(8-6-16)26-12-11-23-18(24)20(22-19(23)25)10-9-14-3-1-2-4-15(14)13-20/h1-8H,9-13H2,(H,22,25). The van der Waals surface area contributed by atoms with Crippen LogP contribution in [0.15, 0.2) is 53.4 Å². The highest BCUT2D eigenvalue weighted by Gasteiger charge is 2.51. The SMILES string of the molecule is O=C1NC2(CCc3ccccc3C2)C(=O)N1CCSc1ccc(F)cc1. The largest absolute Gasteiger partial charge is 0.325 e. The molecule has 1 aliphatic carbocycles. The number of urea groups is 1. The van der Waals surface area contributed by atoms with Crippen LogP contribution in [0.1, 0.15) is 17.5 Å². The van der Waals surface area contributed by atoms with Crippen molar-refractivity contribution in [2.24, 2.45) is 0 Å². The number of imide groups is 1. The number of halogens is 1. The topological polar surface area (TPSA) is 49.4 Å². The number of nitrogens with zero attached hydrogens (tertiary/aromatic N) is 1. The van der Waals surface area contributed by atoms with E-state index < -0.39 is 5.54 Å². The fourth-order valence-electron chi connectivity index (χ4n) is 3.69. The van der Waals surface area contributed by atoms with Gasteiger partial charge in [0, 0.05) is 23.6 Å². The summed E-state index contributed by atoms with van der Waals surface area (Å²) in [5.41, 5.74) is 1.59. The number of thioether (sulfide) groups is 1. The van der Waals surface area contributed by atoms with E-state index in [1.165, 1.54) is 34.4 Å². The lowest BCUT2D eigenvalue weighted by Crippen LogP contribution is -2.51. The third-order valence-electron chi connectivity index (χ3n) is 5.07. The summed E-state index contributed by atoms with van der Waals surface area (Å²) in [5, 5.41) is 2.94. The molecular weight excluding hydrogens is 351 g/mol. The van der Waals surface area contributed by atoms with Crippen LogP contribution >= 0.6 is 11.8 Å². The number of amides is 3. The Morgan fingerprint density at radius 3 is 2.58 bits per heavy atom. The molecule has 1 atom stereocenters. The van der Waals surface area contributed by atoms with E-state index in [9.17, 15) is 14.0 Å². The second-order valence-electron chi connectivity index (χ2n) is 6.72. The van der Waals surface area contributed by atoms with Gasteiger partial charge in [-0.2, -0.15) is 0 Å². The molecule has 2 aromatic carbocycles. The van der Waals surface area contributed by atoms with Crippen molar-refractivity contribution in [2.45, 2.75) is 29.7 Å². The second kappa shape index (κ2) is 6.76. The van der Waals surface area contributed by atoms with Crippen LogP contribution in [0.5, 0.6) is 0 Å². The Morgan fingerprint density at radius 1 is 1.08 bits per heavy atom. The molecule has 4 rings (SSSR count). The molecule has 2 aromatic rings. The average molecular weight is 370 g/mol. The number of fused-ring (bicyclic) bond motifs is 1. The molecule has 0 aromatic heterocycles. The average Bonchev–Trinajstić information content (AvgIpc) is 2.87. The zero-order valence-electron chi connectivity index (χ0n) is 14.2. The molecule has 1 unspecified atom stereocenters. The molecule has 26 heavy (non-hydrogen) atoms. The number of carbonyl (C=O) groups is 2. The van der Waals surface area contributed by atoms with Gasteiger partial charge in [0.15, 0.2) is 0 Å². The van der Waals surface area contributed by atoms with Crippen LogP contribution in [0.3, 0.4) is 0 Å². The van der Waals surface area contributed by atoms with Gasteiger partial charge in [-0.05, 0) is 48.2 Å². The third-order valence-corrected chi connectivity index (χ3v) is 6.07. The first-order chi connectivity index (χ1) is 12.6. The normalized spacial score (nSPS) is 21.8. The Morgan fingerprint density at radius 2 is 1.81 bits per heavy atom. The second-order valence-corrected chi connectivity index (χ2v) is 7.89. The molecule has 134 valence electrons. The highest BCUT2D eigenvalue weighted by molar-refractivity contribution is 7.99. The van der Waals surface area contributed by atoms with E-state index in [2.05, 4.69) is 11.4 Å². The number of carbonyl (C=O) groups excluding carboxylic acids is 2. The quantitative estimate of drug-likeness (QED) is 0.663. The van der Waals surface area contributed by atoms with E-state index in [1.807, 2.05) is 18.2 Å². The van der Waals surface area contributed by atoms with Crippen molar-refractivity contribution in [3.05, 3.63) is 65.5 Å².